The molecule has 0 aliphatic heterocycles. The van der Waals surface area contributed by atoms with E-state index in [1.807, 2.05) is 0 Å². The van der Waals surface area contributed by atoms with Gasteiger partial charge >= 0.3 is 6.01 Å². The van der Waals surface area contributed by atoms with Gasteiger partial charge in [-0.1, -0.05) is 12.8 Å². The van der Waals surface area contributed by atoms with E-state index >= 15 is 0 Å². The number of hydrogen-bond acceptors (Lipinski definition) is 5. The van der Waals surface area contributed by atoms with Gasteiger partial charge in [-0.05, 0) is 37.3 Å². The van der Waals surface area contributed by atoms with Crippen LogP contribution in [0.3, 0.4) is 0 Å². The van der Waals surface area contributed by atoms with E-state index in [0.717, 1.165) is 12.8 Å². The van der Waals surface area contributed by atoms with E-state index in [9.17, 15) is 0 Å². The minimum atomic E-state index is 0.160. The minimum Gasteiger partial charge on any atom is -0.460 e. The molecule has 1 heterocycles. The van der Waals surface area contributed by atoms with Crippen molar-refractivity contribution in [2.75, 3.05) is 12.4 Å². The molecule has 1 fully saturated rings. The van der Waals surface area contributed by atoms with E-state index in [2.05, 4.69) is 20.3 Å². The van der Waals surface area contributed by atoms with Gasteiger partial charge < -0.3 is 10.1 Å². The van der Waals surface area contributed by atoms with Crippen molar-refractivity contribution in [2.24, 2.45) is 0 Å². The highest BCUT2D eigenvalue weighted by atomic mass is 35.5. The van der Waals surface area contributed by atoms with Crippen LogP contribution in [0.15, 0.2) is 0 Å². The molecule has 1 saturated carbocycles. The quantitative estimate of drug-likeness (QED) is 0.843. The molecule has 1 aliphatic carbocycles. The number of aromatic nitrogens is 3. The minimum absolute atomic E-state index is 0.160. The number of nitrogens with zero attached hydrogens (tertiary/aromatic N) is 3. The Balaban J connectivity index is 2.03. The molecular formula is C11H17ClN4O. The van der Waals surface area contributed by atoms with Gasteiger partial charge in [0, 0.05) is 7.05 Å². The zero-order valence-corrected chi connectivity index (χ0v) is 10.7. The number of nitrogens with one attached hydrogen (secondary N) is 1. The maximum absolute atomic E-state index is 5.80. The fraction of sp³-hybridized carbons (Fsp3) is 0.727. The molecule has 6 heteroatoms. The highest BCUT2D eigenvalue weighted by molar-refractivity contribution is 6.28. The molecule has 0 bridgehead atoms. The smallest absolute Gasteiger partial charge is 0.322 e. The third-order valence-electron chi connectivity index (χ3n) is 2.89. The Labute approximate surface area is 106 Å². The summed E-state index contributed by atoms with van der Waals surface area (Å²) in [6.07, 6.45) is 7.35. The summed E-state index contributed by atoms with van der Waals surface area (Å²) in [5, 5.41) is 2.99. The Morgan fingerprint density at radius 3 is 2.47 bits per heavy atom. The van der Waals surface area contributed by atoms with Crippen molar-refractivity contribution in [1.29, 1.82) is 0 Å². The van der Waals surface area contributed by atoms with E-state index in [1.165, 1.54) is 25.7 Å². The number of hydrogen-bond donors (Lipinski definition) is 1. The van der Waals surface area contributed by atoms with Gasteiger partial charge in [-0.2, -0.15) is 15.0 Å². The fourth-order valence-corrected chi connectivity index (χ4v) is 2.16. The Morgan fingerprint density at radius 2 is 1.82 bits per heavy atom. The van der Waals surface area contributed by atoms with Crippen LogP contribution in [-0.4, -0.2) is 28.1 Å². The normalized spacial score (nSPS) is 17.5. The van der Waals surface area contributed by atoms with Crippen LogP contribution in [0.5, 0.6) is 6.01 Å². The number of rotatable bonds is 3. The van der Waals surface area contributed by atoms with Gasteiger partial charge in [0.1, 0.15) is 6.10 Å². The lowest BCUT2D eigenvalue weighted by Gasteiger charge is -2.15. The molecule has 0 atom stereocenters. The van der Waals surface area contributed by atoms with Gasteiger partial charge in [0.05, 0.1) is 0 Å². The first kappa shape index (κ1) is 12.4. The Bertz CT molecular complexity index is 366. The van der Waals surface area contributed by atoms with Gasteiger partial charge in [0.15, 0.2) is 0 Å². The molecule has 1 aromatic rings. The van der Waals surface area contributed by atoms with Gasteiger partial charge in [-0.3, -0.25) is 0 Å². The van der Waals surface area contributed by atoms with Gasteiger partial charge in [-0.15, -0.1) is 0 Å². The second-order valence-corrected chi connectivity index (χ2v) is 4.53. The largest absolute Gasteiger partial charge is 0.460 e. The predicted octanol–water partition coefficient (Wildman–Crippen LogP) is 2.67. The lowest BCUT2D eigenvalue weighted by molar-refractivity contribution is 0.168. The molecular weight excluding hydrogens is 240 g/mol. The maximum atomic E-state index is 5.80. The van der Waals surface area contributed by atoms with Crippen molar-refractivity contribution >= 4 is 17.5 Å². The van der Waals surface area contributed by atoms with Gasteiger partial charge in [0.2, 0.25) is 11.2 Å². The molecule has 0 radical (unpaired) electrons. The number of anilines is 1. The SMILES string of the molecule is CNc1nc(Cl)nc(OC2CCCCCC2)n1. The lowest BCUT2D eigenvalue weighted by Crippen LogP contribution is -2.17. The number of ether oxygens (including phenoxy) is 1. The van der Waals surface area contributed by atoms with Gasteiger partial charge in [0.25, 0.3) is 0 Å². The molecule has 1 aliphatic rings. The van der Waals surface area contributed by atoms with Crippen molar-refractivity contribution in [1.82, 2.24) is 15.0 Å². The standard InChI is InChI=1S/C11H17ClN4O/c1-13-10-14-9(12)15-11(16-10)17-8-6-4-2-3-5-7-8/h8H,2-7H2,1H3,(H,13,14,15,16). The average molecular weight is 257 g/mol. The molecule has 0 aromatic carbocycles. The molecule has 0 spiro atoms. The van der Waals surface area contributed by atoms with E-state index in [4.69, 9.17) is 16.3 Å². The van der Waals surface area contributed by atoms with Crippen molar-refractivity contribution < 1.29 is 4.74 Å². The Morgan fingerprint density at radius 1 is 1.12 bits per heavy atom. The monoisotopic (exact) mass is 256 g/mol. The molecule has 0 saturated heterocycles. The van der Waals surface area contributed by atoms with E-state index in [0.29, 0.717) is 12.0 Å². The first-order valence-electron chi connectivity index (χ1n) is 6.04. The van der Waals surface area contributed by atoms with Crippen LogP contribution in [0, 0.1) is 0 Å². The summed E-state index contributed by atoms with van der Waals surface area (Å²) in [7, 11) is 1.74. The van der Waals surface area contributed by atoms with Crippen LogP contribution < -0.4 is 10.1 Å². The van der Waals surface area contributed by atoms with Crippen molar-refractivity contribution in [3.05, 3.63) is 5.28 Å². The predicted molar refractivity (Wildman–Crippen MR) is 66.5 cm³/mol. The van der Waals surface area contributed by atoms with Gasteiger partial charge in [-0.25, -0.2) is 0 Å². The molecule has 17 heavy (non-hydrogen) atoms. The summed E-state index contributed by atoms with van der Waals surface area (Å²) in [5.41, 5.74) is 0. The van der Waals surface area contributed by atoms with Crippen molar-refractivity contribution in [2.45, 2.75) is 44.6 Å². The first-order chi connectivity index (χ1) is 8.28. The van der Waals surface area contributed by atoms with Crippen LogP contribution in [-0.2, 0) is 0 Å². The van der Waals surface area contributed by atoms with Crippen molar-refractivity contribution in [3.63, 3.8) is 0 Å². The summed E-state index contributed by atoms with van der Waals surface area (Å²) < 4.78 is 5.77. The summed E-state index contributed by atoms with van der Waals surface area (Å²) >= 11 is 5.80. The molecule has 5 nitrogen and oxygen atoms in total. The van der Waals surface area contributed by atoms with Crippen LogP contribution in [0.1, 0.15) is 38.5 Å². The van der Waals surface area contributed by atoms with Crippen LogP contribution in [0.25, 0.3) is 0 Å². The zero-order valence-electron chi connectivity index (χ0n) is 9.95. The molecule has 1 aromatic heterocycles. The van der Waals surface area contributed by atoms with Crippen LogP contribution in [0.2, 0.25) is 5.28 Å². The third kappa shape index (κ3) is 3.70. The second-order valence-electron chi connectivity index (χ2n) is 4.19. The summed E-state index contributed by atoms with van der Waals surface area (Å²) in [6.45, 7) is 0. The van der Waals surface area contributed by atoms with E-state index in [-0.39, 0.29) is 11.4 Å². The number of halogens is 1. The van der Waals surface area contributed by atoms with Crippen LogP contribution in [0.4, 0.5) is 5.95 Å². The third-order valence-corrected chi connectivity index (χ3v) is 3.05. The highest BCUT2D eigenvalue weighted by Gasteiger charge is 2.16. The van der Waals surface area contributed by atoms with E-state index in [1.54, 1.807) is 7.05 Å². The Kier molecular flexibility index (Phi) is 4.36. The molecule has 0 unspecified atom stereocenters. The van der Waals surface area contributed by atoms with E-state index < -0.39 is 0 Å². The summed E-state index contributed by atoms with van der Waals surface area (Å²) in [5.74, 6) is 0.439. The van der Waals surface area contributed by atoms with Crippen molar-refractivity contribution in [3.8, 4) is 6.01 Å². The highest BCUT2D eigenvalue weighted by Crippen LogP contribution is 2.21. The zero-order chi connectivity index (χ0) is 12.1. The summed E-state index contributed by atoms with van der Waals surface area (Å²) in [6, 6.07) is 0.321. The molecule has 0 amide bonds. The average Bonchev–Trinajstić information content (AvgIpc) is 2.57. The first-order valence-corrected chi connectivity index (χ1v) is 6.41. The lowest BCUT2D eigenvalue weighted by atomic mass is 10.2. The summed E-state index contributed by atoms with van der Waals surface area (Å²) in [4.78, 5) is 12.0. The molecule has 2 rings (SSSR count). The molecule has 94 valence electrons. The fourth-order valence-electron chi connectivity index (χ4n) is 2.01. The topological polar surface area (TPSA) is 59.9 Å². The Hall–Kier alpha value is -1.10. The second kappa shape index (κ2) is 6.00. The maximum Gasteiger partial charge on any atom is 0.322 e. The van der Waals surface area contributed by atoms with Crippen LogP contribution >= 0.6 is 11.6 Å². The molecule has 1 N–H and O–H groups in total.